The predicted molar refractivity (Wildman–Crippen MR) is 99.1 cm³/mol. The Morgan fingerprint density at radius 1 is 1.12 bits per heavy atom. The quantitative estimate of drug-likeness (QED) is 0.485. The SMILES string of the molecule is CCn1c(SCCn2nc3ccccn3c2=O)nnc1-c1ccncc1. The van der Waals surface area contributed by atoms with Crippen molar-refractivity contribution in [1.29, 1.82) is 0 Å². The van der Waals surface area contributed by atoms with E-state index in [0.717, 1.165) is 23.1 Å². The summed E-state index contributed by atoms with van der Waals surface area (Å²) in [6, 6.07) is 9.34. The predicted octanol–water partition coefficient (Wildman–Crippen LogP) is 1.96. The lowest BCUT2D eigenvalue weighted by molar-refractivity contribution is 0.636. The monoisotopic (exact) mass is 367 g/mol. The van der Waals surface area contributed by atoms with Crippen molar-refractivity contribution in [3.63, 3.8) is 0 Å². The molecule has 0 aromatic carbocycles. The van der Waals surface area contributed by atoms with E-state index in [2.05, 4.69) is 31.8 Å². The van der Waals surface area contributed by atoms with E-state index < -0.39 is 0 Å². The Kier molecular flexibility index (Phi) is 4.53. The Bertz CT molecular complexity index is 1080. The maximum atomic E-state index is 12.3. The summed E-state index contributed by atoms with van der Waals surface area (Å²) in [5.41, 5.74) is 1.51. The van der Waals surface area contributed by atoms with Crippen LogP contribution in [-0.2, 0) is 13.1 Å². The van der Waals surface area contributed by atoms with Crippen LogP contribution in [0.4, 0.5) is 0 Å². The zero-order valence-corrected chi connectivity index (χ0v) is 15.0. The highest BCUT2D eigenvalue weighted by Crippen LogP contribution is 2.23. The molecular formula is C17H17N7OS. The summed E-state index contributed by atoms with van der Waals surface area (Å²) in [6.07, 6.45) is 5.21. The van der Waals surface area contributed by atoms with Crippen molar-refractivity contribution in [2.45, 2.75) is 25.2 Å². The highest BCUT2D eigenvalue weighted by atomic mass is 32.2. The van der Waals surface area contributed by atoms with E-state index in [0.29, 0.717) is 17.9 Å². The second-order valence-corrected chi connectivity index (χ2v) is 6.63. The fourth-order valence-electron chi connectivity index (χ4n) is 2.73. The van der Waals surface area contributed by atoms with E-state index in [1.165, 1.54) is 4.68 Å². The van der Waals surface area contributed by atoms with Gasteiger partial charge in [-0.3, -0.25) is 9.38 Å². The second kappa shape index (κ2) is 7.12. The summed E-state index contributed by atoms with van der Waals surface area (Å²) < 4.78 is 5.09. The average Bonchev–Trinajstić information content (AvgIpc) is 3.24. The molecule has 4 aromatic heterocycles. The van der Waals surface area contributed by atoms with E-state index in [1.807, 2.05) is 30.3 Å². The summed E-state index contributed by atoms with van der Waals surface area (Å²) in [6.45, 7) is 3.33. The Hall–Kier alpha value is -2.94. The van der Waals surface area contributed by atoms with Crippen molar-refractivity contribution >= 4 is 17.4 Å². The van der Waals surface area contributed by atoms with Crippen LogP contribution in [0, 0.1) is 0 Å². The van der Waals surface area contributed by atoms with Crippen molar-refractivity contribution in [2.75, 3.05) is 5.75 Å². The number of aryl methyl sites for hydroxylation is 1. The highest BCUT2D eigenvalue weighted by molar-refractivity contribution is 7.99. The van der Waals surface area contributed by atoms with Crippen molar-refractivity contribution in [2.24, 2.45) is 0 Å². The van der Waals surface area contributed by atoms with Gasteiger partial charge < -0.3 is 4.57 Å². The lowest BCUT2D eigenvalue weighted by atomic mass is 10.2. The number of pyridine rings is 2. The minimum absolute atomic E-state index is 0.129. The number of rotatable bonds is 6. The smallest absolute Gasteiger partial charge is 0.302 e. The zero-order chi connectivity index (χ0) is 17.9. The van der Waals surface area contributed by atoms with Crippen LogP contribution in [0.5, 0.6) is 0 Å². The highest BCUT2D eigenvalue weighted by Gasteiger charge is 2.13. The summed E-state index contributed by atoms with van der Waals surface area (Å²) in [4.78, 5) is 16.3. The van der Waals surface area contributed by atoms with E-state index in [1.54, 1.807) is 34.8 Å². The van der Waals surface area contributed by atoms with Crippen molar-refractivity contribution in [1.82, 2.24) is 33.9 Å². The molecule has 0 aliphatic carbocycles. The standard InChI is InChI=1S/C17H17N7OS/c1-2-22-15(13-6-8-18-9-7-13)19-20-16(22)26-12-11-24-17(25)23-10-4-3-5-14(23)21-24/h3-10H,2,11-12H2,1H3. The number of thioether (sulfide) groups is 1. The molecule has 26 heavy (non-hydrogen) atoms. The molecule has 0 atom stereocenters. The van der Waals surface area contributed by atoms with Crippen molar-refractivity contribution in [3.8, 4) is 11.4 Å². The lowest BCUT2D eigenvalue weighted by Crippen LogP contribution is -2.22. The van der Waals surface area contributed by atoms with E-state index >= 15 is 0 Å². The minimum atomic E-state index is -0.129. The van der Waals surface area contributed by atoms with Gasteiger partial charge in [0.1, 0.15) is 0 Å². The van der Waals surface area contributed by atoms with Crippen molar-refractivity contribution in [3.05, 3.63) is 59.4 Å². The van der Waals surface area contributed by atoms with Gasteiger partial charge in [0.2, 0.25) is 0 Å². The number of aromatic nitrogens is 7. The van der Waals surface area contributed by atoms with Gasteiger partial charge in [-0.2, -0.15) is 0 Å². The molecule has 4 heterocycles. The summed E-state index contributed by atoms with van der Waals surface area (Å²) in [5, 5.41) is 13.8. The summed E-state index contributed by atoms with van der Waals surface area (Å²) in [7, 11) is 0. The molecule has 0 fully saturated rings. The molecule has 9 heteroatoms. The molecule has 0 unspecified atom stereocenters. The molecule has 0 radical (unpaired) electrons. The molecule has 0 amide bonds. The molecule has 0 spiro atoms. The van der Waals surface area contributed by atoms with Crippen LogP contribution in [0.2, 0.25) is 0 Å². The first-order chi connectivity index (χ1) is 12.8. The average molecular weight is 367 g/mol. The van der Waals surface area contributed by atoms with Gasteiger partial charge in [0.05, 0.1) is 6.54 Å². The first-order valence-corrected chi connectivity index (χ1v) is 9.27. The van der Waals surface area contributed by atoms with E-state index in [4.69, 9.17) is 0 Å². The molecule has 4 aromatic rings. The van der Waals surface area contributed by atoms with Crippen LogP contribution in [0.1, 0.15) is 6.92 Å². The Labute approximate surface area is 153 Å². The topological polar surface area (TPSA) is 82.9 Å². The Morgan fingerprint density at radius 3 is 2.73 bits per heavy atom. The van der Waals surface area contributed by atoms with E-state index in [-0.39, 0.29) is 5.69 Å². The van der Waals surface area contributed by atoms with Gasteiger partial charge in [-0.25, -0.2) is 9.48 Å². The molecule has 4 rings (SSSR count). The number of fused-ring (bicyclic) bond motifs is 1. The van der Waals surface area contributed by atoms with Gasteiger partial charge in [0.15, 0.2) is 16.6 Å². The van der Waals surface area contributed by atoms with Crippen LogP contribution in [0.15, 0.2) is 58.9 Å². The molecule has 0 bridgehead atoms. The summed E-state index contributed by atoms with van der Waals surface area (Å²) in [5.74, 6) is 1.50. The van der Waals surface area contributed by atoms with Gasteiger partial charge in [-0.15, -0.1) is 15.3 Å². The third-order valence-electron chi connectivity index (χ3n) is 3.99. The molecule has 8 nitrogen and oxygen atoms in total. The first kappa shape index (κ1) is 16.5. The molecule has 0 N–H and O–H groups in total. The lowest BCUT2D eigenvalue weighted by Gasteiger charge is -2.07. The molecule has 0 aliphatic rings. The van der Waals surface area contributed by atoms with Crippen LogP contribution in [-0.4, -0.2) is 39.7 Å². The van der Waals surface area contributed by atoms with Gasteiger partial charge >= 0.3 is 5.69 Å². The summed E-state index contributed by atoms with van der Waals surface area (Å²) >= 11 is 1.57. The fraction of sp³-hybridized carbons (Fsp3) is 0.235. The van der Waals surface area contributed by atoms with Gasteiger partial charge in [-0.05, 0) is 31.2 Å². The van der Waals surface area contributed by atoms with E-state index in [9.17, 15) is 4.79 Å². The number of nitrogens with zero attached hydrogens (tertiary/aromatic N) is 7. The Balaban J connectivity index is 1.50. The molecular weight excluding hydrogens is 350 g/mol. The molecule has 0 aliphatic heterocycles. The van der Waals surface area contributed by atoms with Gasteiger partial charge in [0.25, 0.3) is 0 Å². The maximum absolute atomic E-state index is 12.3. The number of hydrogen-bond acceptors (Lipinski definition) is 6. The maximum Gasteiger partial charge on any atom is 0.350 e. The van der Waals surface area contributed by atoms with Crippen LogP contribution < -0.4 is 5.69 Å². The molecule has 132 valence electrons. The molecule has 0 saturated heterocycles. The normalized spacial score (nSPS) is 11.3. The van der Waals surface area contributed by atoms with Crippen LogP contribution in [0.3, 0.4) is 0 Å². The van der Waals surface area contributed by atoms with Gasteiger partial charge in [-0.1, -0.05) is 17.8 Å². The Morgan fingerprint density at radius 2 is 1.96 bits per heavy atom. The zero-order valence-electron chi connectivity index (χ0n) is 14.2. The van der Waals surface area contributed by atoms with Crippen LogP contribution in [0.25, 0.3) is 17.0 Å². The number of hydrogen-bond donors (Lipinski definition) is 0. The first-order valence-electron chi connectivity index (χ1n) is 8.28. The third kappa shape index (κ3) is 3.01. The largest absolute Gasteiger partial charge is 0.350 e. The fourth-order valence-corrected chi connectivity index (χ4v) is 3.65. The van der Waals surface area contributed by atoms with Gasteiger partial charge in [0, 0.05) is 36.5 Å². The van der Waals surface area contributed by atoms with Crippen LogP contribution >= 0.6 is 11.8 Å². The minimum Gasteiger partial charge on any atom is -0.302 e. The third-order valence-corrected chi connectivity index (χ3v) is 4.94. The van der Waals surface area contributed by atoms with Crippen molar-refractivity contribution < 1.29 is 0 Å². The second-order valence-electron chi connectivity index (χ2n) is 5.57. The molecule has 0 saturated carbocycles.